The van der Waals surface area contributed by atoms with Crippen LogP contribution < -0.4 is 11.1 Å². The van der Waals surface area contributed by atoms with Gasteiger partial charge in [-0.05, 0) is 6.07 Å². The molecule has 0 aliphatic carbocycles. The summed E-state index contributed by atoms with van der Waals surface area (Å²) < 4.78 is 17.9. The number of benzene rings is 1. The SMILES string of the molecule is Nc1nc(C(=O)NCc2ccccc2F)co1. The standard InChI is InChI=1S/C11H10FN3O2/c12-8-4-2-1-3-7(8)5-14-10(16)9-6-17-11(13)15-9/h1-4,6H,5H2,(H2,13,15)(H,14,16). The molecule has 1 aromatic carbocycles. The van der Waals surface area contributed by atoms with Crippen LogP contribution in [0.4, 0.5) is 10.4 Å². The van der Waals surface area contributed by atoms with Crippen LogP contribution in [0.5, 0.6) is 0 Å². The number of anilines is 1. The molecule has 2 rings (SSSR count). The van der Waals surface area contributed by atoms with Crippen LogP contribution in [0, 0.1) is 5.82 Å². The highest BCUT2D eigenvalue weighted by molar-refractivity contribution is 5.92. The van der Waals surface area contributed by atoms with Gasteiger partial charge < -0.3 is 15.5 Å². The molecule has 17 heavy (non-hydrogen) atoms. The molecule has 88 valence electrons. The smallest absolute Gasteiger partial charge is 0.292 e. The molecule has 0 aliphatic rings. The summed E-state index contributed by atoms with van der Waals surface area (Å²) in [6, 6.07) is 6.11. The van der Waals surface area contributed by atoms with Gasteiger partial charge in [-0.15, -0.1) is 0 Å². The van der Waals surface area contributed by atoms with Gasteiger partial charge >= 0.3 is 0 Å². The van der Waals surface area contributed by atoms with Crippen LogP contribution in [-0.2, 0) is 6.54 Å². The van der Waals surface area contributed by atoms with E-state index in [9.17, 15) is 9.18 Å². The number of carbonyl (C=O) groups excluding carboxylic acids is 1. The molecule has 0 radical (unpaired) electrons. The highest BCUT2D eigenvalue weighted by Crippen LogP contribution is 2.07. The van der Waals surface area contributed by atoms with E-state index in [-0.39, 0.29) is 24.1 Å². The summed E-state index contributed by atoms with van der Waals surface area (Å²) in [5, 5.41) is 2.51. The second-order valence-electron chi connectivity index (χ2n) is 3.35. The van der Waals surface area contributed by atoms with Crippen LogP contribution in [0.1, 0.15) is 16.1 Å². The number of amides is 1. The quantitative estimate of drug-likeness (QED) is 0.840. The lowest BCUT2D eigenvalue weighted by Crippen LogP contribution is -2.23. The van der Waals surface area contributed by atoms with Crippen molar-refractivity contribution in [3.05, 3.63) is 47.6 Å². The van der Waals surface area contributed by atoms with Crippen molar-refractivity contribution in [2.45, 2.75) is 6.54 Å². The van der Waals surface area contributed by atoms with E-state index in [2.05, 4.69) is 10.3 Å². The van der Waals surface area contributed by atoms with Crippen LogP contribution in [0.2, 0.25) is 0 Å². The van der Waals surface area contributed by atoms with Gasteiger partial charge in [-0.25, -0.2) is 4.39 Å². The molecule has 5 nitrogen and oxygen atoms in total. The zero-order valence-corrected chi connectivity index (χ0v) is 8.81. The Labute approximate surface area is 96.4 Å². The van der Waals surface area contributed by atoms with Crippen LogP contribution in [0.15, 0.2) is 34.9 Å². The first-order chi connectivity index (χ1) is 8.16. The fraction of sp³-hybridized carbons (Fsp3) is 0.0909. The number of nitrogen functional groups attached to an aromatic ring is 1. The highest BCUT2D eigenvalue weighted by atomic mass is 19.1. The first-order valence-corrected chi connectivity index (χ1v) is 4.89. The van der Waals surface area contributed by atoms with Crippen molar-refractivity contribution in [2.75, 3.05) is 5.73 Å². The minimum Gasteiger partial charge on any atom is -0.431 e. The van der Waals surface area contributed by atoms with E-state index in [1.807, 2.05) is 0 Å². The molecule has 0 bridgehead atoms. The Morgan fingerprint density at radius 1 is 1.47 bits per heavy atom. The predicted molar refractivity (Wildman–Crippen MR) is 58.5 cm³/mol. The van der Waals surface area contributed by atoms with E-state index in [0.717, 1.165) is 6.26 Å². The summed E-state index contributed by atoms with van der Waals surface area (Å²) in [5.74, 6) is -0.832. The number of nitrogens with zero attached hydrogens (tertiary/aromatic N) is 1. The maximum Gasteiger partial charge on any atom is 0.292 e. The molecule has 2 aromatic rings. The maximum absolute atomic E-state index is 13.2. The van der Waals surface area contributed by atoms with E-state index in [1.165, 1.54) is 6.07 Å². The molecule has 6 heteroatoms. The van der Waals surface area contributed by atoms with Gasteiger partial charge in [0.1, 0.15) is 12.1 Å². The number of oxazole rings is 1. The van der Waals surface area contributed by atoms with Crippen molar-refractivity contribution in [1.82, 2.24) is 10.3 Å². The topological polar surface area (TPSA) is 81.1 Å². The average molecular weight is 235 g/mol. The zero-order valence-electron chi connectivity index (χ0n) is 8.81. The minimum absolute atomic E-state index is 0.0684. The second kappa shape index (κ2) is 4.65. The Hall–Kier alpha value is -2.37. The molecule has 1 aromatic heterocycles. The minimum atomic E-state index is -0.464. The van der Waals surface area contributed by atoms with E-state index < -0.39 is 5.91 Å². The Morgan fingerprint density at radius 2 is 2.24 bits per heavy atom. The Bertz CT molecular complexity index is 539. The van der Waals surface area contributed by atoms with Gasteiger partial charge in [0.2, 0.25) is 0 Å². The van der Waals surface area contributed by atoms with Crippen LogP contribution in [0.3, 0.4) is 0 Å². The van der Waals surface area contributed by atoms with E-state index in [1.54, 1.807) is 18.2 Å². The molecule has 0 aliphatic heterocycles. The van der Waals surface area contributed by atoms with Crippen molar-refractivity contribution < 1.29 is 13.6 Å². The number of halogens is 1. The van der Waals surface area contributed by atoms with E-state index >= 15 is 0 Å². The Balaban J connectivity index is 1.99. The summed E-state index contributed by atoms with van der Waals surface area (Å²) in [4.78, 5) is 15.2. The molecule has 1 amide bonds. The molecule has 3 N–H and O–H groups in total. The zero-order chi connectivity index (χ0) is 12.3. The summed E-state index contributed by atoms with van der Waals surface area (Å²) >= 11 is 0. The van der Waals surface area contributed by atoms with Crippen LogP contribution in [-0.4, -0.2) is 10.9 Å². The van der Waals surface area contributed by atoms with E-state index in [4.69, 9.17) is 10.2 Å². The lowest BCUT2D eigenvalue weighted by atomic mass is 10.2. The highest BCUT2D eigenvalue weighted by Gasteiger charge is 2.11. The van der Waals surface area contributed by atoms with Gasteiger partial charge in [-0.3, -0.25) is 4.79 Å². The van der Waals surface area contributed by atoms with Crippen LogP contribution >= 0.6 is 0 Å². The van der Waals surface area contributed by atoms with E-state index in [0.29, 0.717) is 5.56 Å². The number of nitrogens with one attached hydrogen (secondary N) is 1. The van der Waals surface area contributed by atoms with Crippen molar-refractivity contribution in [2.24, 2.45) is 0 Å². The summed E-state index contributed by atoms with van der Waals surface area (Å²) in [6.07, 6.45) is 1.14. The van der Waals surface area contributed by atoms with Gasteiger partial charge in [0.05, 0.1) is 0 Å². The maximum atomic E-state index is 13.2. The first kappa shape index (κ1) is 11.1. The third-order valence-electron chi connectivity index (χ3n) is 2.15. The monoisotopic (exact) mass is 235 g/mol. The fourth-order valence-electron chi connectivity index (χ4n) is 1.30. The number of hydrogen-bond donors (Lipinski definition) is 2. The van der Waals surface area contributed by atoms with Crippen molar-refractivity contribution in [3.63, 3.8) is 0 Å². The Kier molecular flexibility index (Phi) is 3.04. The molecule has 0 saturated heterocycles. The molecular formula is C11H10FN3O2. The normalized spacial score (nSPS) is 10.2. The van der Waals surface area contributed by atoms with Gasteiger partial charge in [0.15, 0.2) is 5.69 Å². The molecule has 0 fully saturated rings. The molecule has 0 atom stereocenters. The molecule has 1 heterocycles. The average Bonchev–Trinajstić information content (AvgIpc) is 2.74. The molecule has 0 saturated carbocycles. The van der Waals surface area contributed by atoms with Gasteiger partial charge in [-0.1, -0.05) is 18.2 Å². The molecule has 0 unspecified atom stereocenters. The van der Waals surface area contributed by atoms with Crippen molar-refractivity contribution in [3.8, 4) is 0 Å². The van der Waals surface area contributed by atoms with Gasteiger partial charge in [-0.2, -0.15) is 4.98 Å². The Morgan fingerprint density at radius 3 is 2.88 bits per heavy atom. The number of rotatable bonds is 3. The second-order valence-corrected chi connectivity index (χ2v) is 3.35. The summed E-state index contributed by atoms with van der Waals surface area (Å²) in [5.41, 5.74) is 5.70. The lowest BCUT2D eigenvalue weighted by Gasteiger charge is -2.03. The largest absolute Gasteiger partial charge is 0.431 e. The third-order valence-corrected chi connectivity index (χ3v) is 2.15. The van der Waals surface area contributed by atoms with Crippen LogP contribution in [0.25, 0.3) is 0 Å². The number of nitrogens with two attached hydrogens (primary N) is 1. The van der Waals surface area contributed by atoms with Crippen molar-refractivity contribution in [1.29, 1.82) is 0 Å². The number of carbonyl (C=O) groups is 1. The molecular weight excluding hydrogens is 225 g/mol. The number of aromatic nitrogens is 1. The summed E-state index contributed by atoms with van der Waals surface area (Å²) in [6.45, 7) is 0.0816. The molecule has 0 spiro atoms. The summed E-state index contributed by atoms with van der Waals surface area (Å²) in [7, 11) is 0. The third kappa shape index (κ3) is 2.60. The lowest BCUT2D eigenvalue weighted by molar-refractivity contribution is 0.0945. The predicted octanol–water partition coefficient (Wildman–Crippen LogP) is 1.33. The number of hydrogen-bond acceptors (Lipinski definition) is 4. The van der Waals surface area contributed by atoms with Gasteiger partial charge in [0.25, 0.3) is 11.9 Å². The fourth-order valence-corrected chi connectivity index (χ4v) is 1.30. The first-order valence-electron chi connectivity index (χ1n) is 4.89. The van der Waals surface area contributed by atoms with Crippen molar-refractivity contribution >= 4 is 11.9 Å². The van der Waals surface area contributed by atoms with Gasteiger partial charge in [0, 0.05) is 12.1 Å².